The van der Waals surface area contributed by atoms with Gasteiger partial charge in [0.2, 0.25) is 0 Å². The third kappa shape index (κ3) is 1.99. The number of rotatable bonds is 4. The second-order valence-corrected chi connectivity index (χ2v) is 4.06. The van der Waals surface area contributed by atoms with E-state index in [-0.39, 0.29) is 6.04 Å². The van der Waals surface area contributed by atoms with Gasteiger partial charge in [-0.1, -0.05) is 0 Å². The molecule has 4 nitrogen and oxygen atoms in total. The Kier molecular flexibility index (Phi) is 3.83. The van der Waals surface area contributed by atoms with E-state index in [1.54, 1.807) is 6.07 Å². The van der Waals surface area contributed by atoms with Crippen molar-refractivity contribution >= 4 is 11.5 Å². The van der Waals surface area contributed by atoms with Crippen LogP contribution in [0.2, 0.25) is 0 Å². The van der Waals surface area contributed by atoms with Crippen LogP contribution in [0.4, 0.5) is 11.5 Å². The fraction of sp³-hybridized carbons (Fsp3) is 0.583. The maximum atomic E-state index is 9.09. The van der Waals surface area contributed by atoms with Crippen molar-refractivity contribution in [2.75, 3.05) is 23.7 Å². The van der Waals surface area contributed by atoms with Crippen molar-refractivity contribution in [3.05, 3.63) is 11.8 Å². The van der Waals surface area contributed by atoms with Crippen molar-refractivity contribution in [3.8, 4) is 6.07 Å². The van der Waals surface area contributed by atoms with E-state index in [0.29, 0.717) is 11.4 Å². The van der Waals surface area contributed by atoms with Gasteiger partial charge in [-0.25, -0.2) is 0 Å². The first-order valence-electron chi connectivity index (χ1n) is 5.72. The fourth-order valence-electron chi connectivity index (χ4n) is 2.00. The number of nitrogens with zero attached hydrogens (tertiary/aromatic N) is 3. The average Bonchev–Trinajstić information content (AvgIpc) is 2.58. The molecule has 0 atom stereocenters. The lowest BCUT2D eigenvalue weighted by Crippen LogP contribution is -2.26. The molecule has 0 amide bonds. The Hall–Kier alpha value is -1.63. The highest BCUT2D eigenvalue weighted by atomic mass is 15.3. The van der Waals surface area contributed by atoms with Gasteiger partial charge in [-0.05, 0) is 33.8 Å². The third-order valence-electron chi connectivity index (χ3n) is 2.73. The van der Waals surface area contributed by atoms with Crippen LogP contribution >= 0.6 is 0 Å². The molecule has 2 N–H and O–H groups in total. The van der Waals surface area contributed by atoms with E-state index in [0.717, 1.165) is 18.9 Å². The maximum Gasteiger partial charge on any atom is 0.133 e. The van der Waals surface area contributed by atoms with Crippen molar-refractivity contribution in [3.63, 3.8) is 0 Å². The Morgan fingerprint density at radius 2 is 2.00 bits per heavy atom. The van der Waals surface area contributed by atoms with Gasteiger partial charge in [0.25, 0.3) is 0 Å². The van der Waals surface area contributed by atoms with Gasteiger partial charge in [0, 0.05) is 19.1 Å². The zero-order valence-corrected chi connectivity index (χ0v) is 10.5. The monoisotopic (exact) mass is 220 g/mol. The SMILES string of the molecule is CCN(CC)c1c(N)cc(C#N)n1C(C)C. The van der Waals surface area contributed by atoms with Gasteiger partial charge in [0.1, 0.15) is 17.6 Å². The molecule has 1 rings (SSSR count). The number of nitrogen functional groups attached to an aromatic ring is 1. The normalized spacial score (nSPS) is 10.5. The summed E-state index contributed by atoms with van der Waals surface area (Å²) >= 11 is 0. The van der Waals surface area contributed by atoms with E-state index < -0.39 is 0 Å². The number of nitriles is 1. The Bertz CT molecular complexity index is 394. The van der Waals surface area contributed by atoms with Gasteiger partial charge >= 0.3 is 0 Å². The van der Waals surface area contributed by atoms with Gasteiger partial charge in [-0.3, -0.25) is 0 Å². The molecule has 0 unspecified atom stereocenters. The van der Waals surface area contributed by atoms with Gasteiger partial charge in [-0.2, -0.15) is 5.26 Å². The van der Waals surface area contributed by atoms with Crippen molar-refractivity contribution in [2.24, 2.45) is 0 Å². The molecular formula is C12H20N4. The molecule has 0 aromatic carbocycles. The summed E-state index contributed by atoms with van der Waals surface area (Å²) in [4.78, 5) is 2.18. The largest absolute Gasteiger partial charge is 0.396 e. The van der Waals surface area contributed by atoms with Crippen LogP contribution in [-0.2, 0) is 0 Å². The first-order chi connectivity index (χ1) is 7.56. The summed E-state index contributed by atoms with van der Waals surface area (Å²) in [5.74, 6) is 0.969. The Labute approximate surface area is 97.3 Å². The van der Waals surface area contributed by atoms with Crippen LogP contribution in [0.3, 0.4) is 0 Å². The minimum absolute atomic E-state index is 0.238. The van der Waals surface area contributed by atoms with E-state index in [2.05, 4.69) is 38.7 Å². The van der Waals surface area contributed by atoms with Crippen molar-refractivity contribution < 1.29 is 0 Å². The molecule has 1 aromatic heterocycles. The summed E-state index contributed by atoms with van der Waals surface area (Å²) in [6, 6.07) is 4.19. The Balaban J connectivity index is 3.36. The van der Waals surface area contributed by atoms with Gasteiger partial charge in [-0.15, -0.1) is 0 Å². The van der Waals surface area contributed by atoms with Crippen LogP contribution in [0.25, 0.3) is 0 Å². The van der Waals surface area contributed by atoms with Gasteiger partial charge in [0.05, 0.1) is 5.69 Å². The molecule has 0 saturated heterocycles. The molecule has 0 spiro atoms. The van der Waals surface area contributed by atoms with Crippen molar-refractivity contribution in [2.45, 2.75) is 33.7 Å². The molecule has 1 aromatic rings. The second kappa shape index (κ2) is 4.93. The number of nitrogens with two attached hydrogens (primary N) is 1. The molecule has 0 saturated carbocycles. The molecule has 0 aliphatic heterocycles. The third-order valence-corrected chi connectivity index (χ3v) is 2.73. The first kappa shape index (κ1) is 12.4. The number of anilines is 2. The van der Waals surface area contributed by atoms with Crippen LogP contribution in [0.5, 0.6) is 0 Å². The lowest BCUT2D eigenvalue weighted by Gasteiger charge is -2.25. The molecule has 0 aliphatic carbocycles. The Morgan fingerprint density at radius 3 is 2.38 bits per heavy atom. The maximum absolute atomic E-state index is 9.09. The number of hydrogen-bond donors (Lipinski definition) is 1. The average molecular weight is 220 g/mol. The zero-order chi connectivity index (χ0) is 12.3. The fourth-order valence-corrected chi connectivity index (χ4v) is 2.00. The van der Waals surface area contributed by atoms with Crippen LogP contribution in [0.1, 0.15) is 39.4 Å². The van der Waals surface area contributed by atoms with Gasteiger partial charge < -0.3 is 15.2 Å². The molecule has 0 fully saturated rings. The highest BCUT2D eigenvalue weighted by Crippen LogP contribution is 2.30. The van der Waals surface area contributed by atoms with E-state index in [1.165, 1.54) is 0 Å². The molecule has 4 heteroatoms. The molecular weight excluding hydrogens is 200 g/mol. The van der Waals surface area contributed by atoms with Crippen LogP contribution in [0.15, 0.2) is 6.07 Å². The van der Waals surface area contributed by atoms with E-state index in [4.69, 9.17) is 11.0 Å². The lowest BCUT2D eigenvalue weighted by atomic mass is 10.3. The van der Waals surface area contributed by atoms with E-state index in [1.807, 2.05) is 4.57 Å². The van der Waals surface area contributed by atoms with Crippen molar-refractivity contribution in [1.82, 2.24) is 4.57 Å². The quantitative estimate of drug-likeness (QED) is 0.847. The van der Waals surface area contributed by atoms with Crippen LogP contribution < -0.4 is 10.6 Å². The van der Waals surface area contributed by atoms with Crippen molar-refractivity contribution in [1.29, 1.82) is 5.26 Å². The number of hydrogen-bond acceptors (Lipinski definition) is 3. The Morgan fingerprint density at radius 1 is 1.44 bits per heavy atom. The molecule has 1 heterocycles. The second-order valence-electron chi connectivity index (χ2n) is 4.06. The summed E-state index contributed by atoms with van der Waals surface area (Å²) in [5.41, 5.74) is 7.32. The van der Waals surface area contributed by atoms with E-state index in [9.17, 15) is 0 Å². The zero-order valence-electron chi connectivity index (χ0n) is 10.5. The summed E-state index contributed by atoms with van der Waals surface area (Å²) in [6.45, 7) is 10.1. The summed E-state index contributed by atoms with van der Waals surface area (Å²) in [7, 11) is 0. The molecule has 0 aliphatic rings. The predicted molar refractivity (Wildman–Crippen MR) is 67.5 cm³/mol. The molecule has 0 bridgehead atoms. The molecule has 16 heavy (non-hydrogen) atoms. The predicted octanol–water partition coefficient (Wildman–Crippen LogP) is 2.37. The van der Waals surface area contributed by atoms with E-state index >= 15 is 0 Å². The van der Waals surface area contributed by atoms with Crippen LogP contribution in [-0.4, -0.2) is 17.7 Å². The minimum Gasteiger partial charge on any atom is -0.396 e. The first-order valence-corrected chi connectivity index (χ1v) is 5.72. The summed E-state index contributed by atoms with van der Waals surface area (Å²) < 4.78 is 2.00. The minimum atomic E-state index is 0.238. The van der Waals surface area contributed by atoms with Crippen LogP contribution in [0, 0.1) is 11.3 Å². The molecule has 88 valence electrons. The van der Waals surface area contributed by atoms with Gasteiger partial charge in [0.15, 0.2) is 0 Å². The summed E-state index contributed by atoms with van der Waals surface area (Å²) in [6.07, 6.45) is 0. The smallest absolute Gasteiger partial charge is 0.133 e. The topological polar surface area (TPSA) is 58.0 Å². The standard InChI is InChI=1S/C12H20N4/c1-5-15(6-2)12-11(14)7-10(8-13)16(12)9(3)4/h7,9H,5-6,14H2,1-4H3. The lowest BCUT2D eigenvalue weighted by molar-refractivity contribution is 0.588. The highest BCUT2D eigenvalue weighted by Gasteiger charge is 2.18. The number of aromatic nitrogens is 1. The molecule has 0 radical (unpaired) electrons. The highest BCUT2D eigenvalue weighted by molar-refractivity contribution is 5.68. The summed E-state index contributed by atoms with van der Waals surface area (Å²) in [5, 5.41) is 9.09.